The van der Waals surface area contributed by atoms with Gasteiger partial charge in [-0.15, -0.1) is 11.3 Å². The summed E-state index contributed by atoms with van der Waals surface area (Å²) in [5.41, 5.74) is 5.22. The van der Waals surface area contributed by atoms with Crippen molar-refractivity contribution < 1.29 is 9.21 Å². The van der Waals surface area contributed by atoms with Gasteiger partial charge in [0.05, 0.1) is 5.02 Å². The number of aryl methyl sites for hydroxylation is 2. The number of fused-ring (bicyclic) bond motifs is 2. The number of aromatic nitrogens is 1. The summed E-state index contributed by atoms with van der Waals surface area (Å²) in [6, 6.07) is 16.9. The highest BCUT2D eigenvalue weighted by molar-refractivity contribution is 7.80. The van der Waals surface area contributed by atoms with Crippen molar-refractivity contribution in [3.05, 3.63) is 80.6 Å². The number of carbonyl (C=O) groups is 1. The Balaban J connectivity index is 1.33. The maximum Gasteiger partial charge on any atom is 0.269 e. The molecule has 0 fully saturated rings. The maximum absolute atomic E-state index is 12.8. The van der Waals surface area contributed by atoms with Crippen LogP contribution in [0.3, 0.4) is 0 Å². The summed E-state index contributed by atoms with van der Waals surface area (Å²) in [5, 5.41) is 7.58. The van der Waals surface area contributed by atoms with Crippen LogP contribution in [0.25, 0.3) is 32.6 Å². The second-order valence-corrected chi connectivity index (χ2v) is 10.1. The lowest BCUT2D eigenvalue weighted by Gasteiger charge is -2.08. The van der Waals surface area contributed by atoms with E-state index in [0.29, 0.717) is 37.6 Å². The fraction of sp³-hybridized carbons (Fsp3) is 0.0800. The van der Waals surface area contributed by atoms with Crippen LogP contribution in [0.4, 0.5) is 5.69 Å². The molecule has 2 N–H and O–H groups in total. The third kappa shape index (κ3) is 4.52. The Morgan fingerprint density at radius 2 is 1.79 bits per heavy atom. The number of thiophene rings is 1. The lowest BCUT2D eigenvalue weighted by atomic mass is 10.1. The van der Waals surface area contributed by atoms with Crippen molar-refractivity contribution in [2.45, 2.75) is 13.8 Å². The molecule has 0 saturated heterocycles. The van der Waals surface area contributed by atoms with E-state index in [1.54, 1.807) is 18.2 Å². The molecular formula is C25H17Cl2N3O2S2. The van der Waals surface area contributed by atoms with Crippen LogP contribution in [0.1, 0.15) is 20.8 Å². The van der Waals surface area contributed by atoms with Gasteiger partial charge in [-0.25, -0.2) is 4.98 Å². The van der Waals surface area contributed by atoms with Gasteiger partial charge in [0.1, 0.15) is 10.4 Å². The molecule has 0 unspecified atom stereocenters. The molecule has 0 spiro atoms. The molecule has 5 rings (SSSR count). The van der Waals surface area contributed by atoms with Gasteiger partial charge in [-0.3, -0.25) is 10.1 Å². The van der Waals surface area contributed by atoms with Crippen molar-refractivity contribution in [2.24, 2.45) is 0 Å². The minimum Gasteiger partial charge on any atom is -0.436 e. The van der Waals surface area contributed by atoms with Crippen molar-refractivity contribution in [1.29, 1.82) is 0 Å². The van der Waals surface area contributed by atoms with Crippen molar-refractivity contribution in [3.63, 3.8) is 0 Å². The molecular weight excluding hydrogens is 509 g/mol. The first-order chi connectivity index (χ1) is 16.3. The zero-order chi connectivity index (χ0) is 24.0. The van der Waals surface area contributed by atoms with Gasteiger partial charge in [0.25, 0.3) is 5.91 Å². The second-order valence-electron chi connectivity index (χ2n) is 7.87. The standard InChI is InChI=1S/C25H17Cl2N3O2S2/c1-12-7-13(2)9-14(8-12)24-29-18-11-16(4-6-19(18)32-24)28-25(33)30-23(31)22-21(27)17-5-3-15(26)10-20(17)34-22/h3-11H,1-2H3,(H2,28,30,31,33). The van der Waals surface area contributed by atoms with Crippen molar-refractivity contribution >= 4 is 84.6 Å². The van der Waals surface area contributed by atoms with Gasteiger partial charge in [-0.05, 0) is 68.5 Å². The average molecular weight is 526 g/mol. The molecule has 9 heteroatoms. The average Bonchev–Trinajstić information content (AvgIpc) is 3.33. The van der Waals surface area contributed by atoms with Gasteiger partial charge < -0.3 is 9.73 Å². The van der Waals surface area contributed by atoms with E-state index >= 15 is 0 Å². The van der Waals surface area contributed by atoms with E-state index in [-0.39, 0.29) is 11.0 Å². The summed E-state index contributed by atoms with van der Waals surface area (Å²) >= 11 is 19.1. The summed E-state index contributed by atoms with van der Waals surface area (Å²) in [6.45, 7) is 4.08. The Morgan fingerprint density at radius 3 is 2.56 bits per heavy atom. The highest BCUT2D eigenvalue weighted by Crippen LogP contribution is 2.36. The van der Waals surface area contributed by atoms with Gasteiger partial charge in [-0.2, -0.15) is 0 Å². The minimum atomic E-state index is -0.389. The number of rotatable bonds is 3. The van der Waals surface area contributed by atoms with Crippen molar-refractivity contribution in [1.82, 2.24) is 10.3 Å². The van der Waals surface area contributed by atoms with E-state index in [1.807, 2.05) is 44.2 Å². The number of thiocarbonyl (C=S) groups is 1. The van der Waals surface area contributed by atoms with Gasteiger partial charge in [-0.1, -0.05) is 46.5 Å². The number of benzene rings is 3. The first-order valence-electron chi connectivity index (χ1n) is 10.3. The number of hydrogen-bond acceptors (Lipinski definition) is 5. The highest BCUT2D eigenvalue weighted by Gasteiger charge is 2.18. The normalized spacial score (nSPS) is 11.2. The third-order valence-corrected chi connectivity index (χ3v) is 7.23. The number of amides is 1. The van der Waals surface area contributed by atoms with E-state index in [4.69, 9.17) is 39.8 Å². The molecule has 5 aromatic rings. The van der Waals surface area contributed by atoms with Crippen LogP contribution in [0, 0.1) is 13.8 Å². The molecule has 0 aliphatic rings. The Bertz CT molecular complexity index is 1590. The van der Waals surface area contributed by atoms with Gasteiger partial charge >= 0.3 is 0 Å². The zero-order valence-electron chi connectivity index (χ0n) is 18.0. The van der Waals surface area contributed by atoms with Crippen molar-refractivity contribution in [2.75, 3.05) is 5.32 Å². The fourth-order valence-corrected chi connectivity index (χ4v) is 5.63. The number of nitrogens with one attached hydrogen (secondary N) is 2. The predicted molar refractivity (Wildman–Crippen MR) is 144 cm³/mol. The van der Waals surface area contributed by atoms with Gasteiger partial charge in [0, 0.05) is 26.4 Å². The minimum absolute atomic E-state index is 0.147. The molecule has 0 aliphatic carbocycles. The predicted octanol–water partition coefficient (Wildman–Crippen LogP) is 7.76. The largest absolute Gasteiger partial charge is 0.436 e. The van der Waals surface area contributed by atoms with Crippen LogP contribution in [0.15, 0.2) is 59.0 Å². The summed E-state index contributed by atoms with van der Waals surface area (Å²) in [6.07, 6.45) is 0. The van der Waals surface area contributed by atoms with E-state index < -0.39 is 0 Å². The lowest BCUT2D eigenvalue weighted by molar-refractivity contribution is 0.0982. The third-order valence-electron chi connectivity index (χ3n) is 5.14. The second kappa shape index (κ2) is 9.00. The molecule has 0 saturated carbocycles. The van der Waals surface area contributed by atoms with Crippen LogP contribution in [0.5, 0.6) is 0 Å². The van der Waals surface area contributed by atoms with Crippen LogP contribution in [-0.4, -0.2) is 16.0 Å². The topological polar surface area (TPSA) is 67.2 Å². The molecule has 5 nitrogen and oxygen atoms in total. The fourth-order valence-electron chi connectivity index (χ4n) is 3.73. The Labute approximate surface area is 214 Å². The maximum atomic E-state index is 12.8. The Hall–Kier alpha value is -2.97. The molecule has 0 aliphatic heterocycles. The van der Waals surface area contributed by atoms with Crippen LogP contribution < -0.4 is 10.6 Å². The smallest absolute Gasteiger partial charge is 0.269 e. The quantitative estimate of drug-likeness (QED) is 0.235. The molecule has 2 heterocycles. The Morgan fingerprint density at radius 1 is 1.03 bits per heavy atom. The first kappa shape index (κ1) is 22.8. The molecule has 3 aromatic carbocycles. The van der Waals surface area contributed by atoms with Gasteiger partial charge in [0.2, 0.25) is 5.89 Å². The number of hydrogen-bond donors (Lipinski definition) is 2. The summed E-state index contributed by atoms with van der Waals surface area (Å²) < 4.78 is 6.76. The monoisotopic (exact) mass is 525 g/mol. The summed E-state index contributed by atoms with van der Waals surface area (Å²) in [4.78, 5) is 17.8. The number of oxazole rings is 1. The van der Waals surface area contributed by atoms with E-state index in [1.165, 1.54) is 11.3 Å². The van der Waals surface area contributed by atoms with E-state index in [9.17, 15) is 4.79 Å². The molecule has 0 atom stereocenters. The van der Waals surface area contributed by atoms with E-state index in [0.717, 1.165) is 26.8 Å². The number of nitrogens with zero attached hydrogens (tertiary/aromatic N) is 1. The lowest BCUT2D eigenvalue weighted by Crippen LogP contribution is -2.33. The molecule has 1 amide bonds. The van der Waals surface area contributed by atoms with Crippen molar-refractivity contribution in [3.8, 4) is 11.5 Å². The molecule has 2 aromatic heterocycles. The first-order valence-corrected chi connectivity index (χ1v) is 12.2. The zero-order valence-corrected chi connectivity index (χ0v) is 21.2. The molecule has 0 radical (unpaired) electrons. The summed E-state index contributed by atoms with van der Waals surface area (Å²) in [5.74, 6) is 0.161. The number of halogens is 2. The molecule has 170 valence electrons. The van der Waals surface area contributed by atoms with Crippen LogP contribution in [-0.2, 0) is 0 Å². The molecule has 34 heavy (non-hydrogen) atoms. The van der Waals surface area contributed by atoms with Crippen LogP contribution >= 0.6 is 46.8 Å². The van der Waals surface area contributed by atoms with E-state index in [2.05, 4.69) is 21.7 Å². The molecule has 0 bridgehead atoms. The van der Waals surface area contributed by atoms with Gasteiger partial charge in [0.15, 0.2) is 10.7 Å². The summed E-state index contributed by atoms with van der Waals surface area (Å²) in [7, 11) is 0. The number of anilines is 1. The Kier molecular flexibility index (Phi) is 6.04. The van der Waals surface area contributed by atoms with Crippen LogP contribution in [0.2, 0.25) is 10.0 Å². The number of carbonyl (C=O) groups excluding carboxylic acids is 1. The highest BCUT2D eigenvalue weighted by atomic mass is 35.5. The SMILES string of the molecule is Cc1cc(C)cc(-c2nc3cc(NC(=S)NC(=O)c4sc5cc(Cl)ccc5c4Cl)ccc3o2)c1.